The molecule has 2 heterocycles. The molecule has 1 aliphatic heterocycles. The van der Waals surface area contributed by atoms with Crippen LogP contribution in [0.1, 0.15) is 16.9 Å². The summed E-state index contributed by atoms with van der Waals surface area (Å²) in [4.78, 5) is 25.7. The van der Waals surface area contributed by atoms with Crippen LogP contribution in [0.15, 0.2) is 30.3 Å². The molecule has 2 aromatic rings. The summed E-state index contributed by atoms with van der Waals surface area (Å²) in [5, 5.41) is 13.5. The normalized spacial score (nSPS) is 19.6. The molecule has 0 radical (unpaired) electrons. The summed E-state index contributed by atoms with van der Waals surface area (Å²) in [7, 11) is 1.63. The molecule has 0 bridgehead atoms. The van der Waals surface area contributed by atoms with Crippen LogP contribution < -0.4 is 5.73 Å². The summed E-state index contributed by atoms with van der Waals surface area (Å²) in [5.41, 5.74) is 5.51. The fraction of sp³-hybridized carbons (Fsp3) is 0.294. The predicted octanol–water partition coefficient (Wildman–Crippen LogP) is 1.07. The van der Waals surface area contributed by atoms with E-state index in [1.807, 2.05) is 6.07 Å². The highest BCUT2D eigenvalue weighted by Gasteiger charge is 2.45. The van der Waals surface area contributed by atoms with Gasteiger partial charge in [0.2, 0.25) is 5.91 Å². The molecule has 3 rings (SSSR count). The van der Waals surface area contributed by atoms with Gasteiger partial charge in [-0.2, -0.15) is 10.4 Å². The van der Waals surface area contributed by atoms with Crippen molar-refractivity contribution in [1.82, 2.24) is 14.7 Å². The van der Waals surface area contributed by atoms with E-state index in [4.69, 9.17) is 5.73 Å². The van der Waals surface area contributed by atoms with E-state index < -0.39 is 11.3 Å². The van der Waals surface area contributed by atoms with Crippen molar-refractivity contribution in [3.8, 4) is 17.3 Å². The molecule has 1 fully saturated rings. The maximum absolute atomic E-state index is 13.0. The number of amides is 2. The molecule has 128 valence electrons. The van der Waals surface area contributed by atoms with Gasteiger partial charge in [0.05, 0.1) is 11.8 Å². The lowest BCUT2D eigenvalue weighted by atomic mass is 9.88. The van der Waals surface area contributed by atoms with Gasteiger partial charge in [0.25, 0.3) is 5.91 Å². The van der Waals surface area contributed by atoms with Gasteiger partial charge in [-0.3, -0.25) is 14.3 Å². The van der Waals surface area contributed by atoms with Gasteiger partial charge >= 0.3 is 0 Å². The Bertz CT molecular complexity index is 883. The molecule has 7 nitrogen and oxygen atoms in total. The van der Waals surface area contributed by atoms with Crippen molar-refractivity contribution in [2.45, 2.75) is 6.42 Å². The van der Waals surface area contributed by atoms with E-state index in [2.05, 4.69) is 5.10 Å². The molecule has 0 spiro atoms. The van der Waals surface area contributed by atoms with Crippen molar-refractivity contribution >= 4 is 11.8 Å². The minimum atomic E-state index is -1.34. The lowest BCUT2D eigenvalue weighted by molar-refractivity contribution is -0.124. The smallest absolute Gasteiger partial charge is 0.272 e. The quantitative estimate of drug-likeness (QED) is 0.901. The molecule has 2 amide bonds. The first-order chi connectivity index (χ1) is 11.9. The number of nitrogens with zero attached hydrogens (tertiary/aromatic N) is 4. The summed E-state index contributed by atoms with van der Waals surface area (Å²) in [5.74, 6) is -1.41. The largest absolute Gasteiger partial charge is 0.368 e. The predicted molar refractivity (Wildman–Crippen MR) is 86.4 cm³/mol. The Morgan fingerprint density at radius 1 is 1.36 bits per heavy atom. The monoisotopic (exact) mass is 341 g/mol. The molecule has 0 saturated carbocycles. The number of hydrogen-bond acceptors (Lipinski definition) is 4. The molecule has 2 N–H and O–H groups in total. The zero-order chi connectivity index (χ0) is 18.2. The number of carbonyl (C=O) groups excluding carboxylic acids is 2. The van der Waals surface area contributed by atoms with Gasteiger partial charge in [-0.1, -0.05) is 0 Å². The molecule has 1 aromatic heterocycles. The minimum absolute atomic E-state index is 0.0330. The fourth-order valence-electron chi connectivity index (χ4n) is 2.92. The molecular formula is C17H16FN5O2. The van der Waals surface area contributed by atoms with Crippen LogP contribution in [-0.2, 0) is 11.8 Å². The van der Waals surface area contributed by atoms with Crippen LogP contribution in [-0.4, -0.2) is 39.6 Å². The van der Waals surface area contributed by atoms with Crippen LogP contribution in [0.5, 0.6) is 0 Å². The topological polar surface area (TPSA) is 105 Å². The summed E-state index contributed by atoms with van der Waals surface area (Å²) in [6.07, 6.45) is 0.216. The minimum Gasteiger partial charge on any atom is -0.368 e. The van der Waals surface area contributed by atoms with Gasteiger partial charge in [-0.05, 0) is 36.8 Å². The average molecular weight is 341 g/mol. The third-order valence-corrected chi connectivity index (χ3v) is 4.48. The zero-order valence-electron chi connectivity index (χ0n) is 13.6. The highest BCUT2D eigenvalue weighted by atomic mass is 19.1. The van der Waals surface area contributed by atoms with Gasteiger partial charge in [-0.25, -0.2) is 4.39 Å². The standard InChI is InChI=1S/C17H16FN5O2/c1-22-14(8-13(21-22)11-2-4-12(18)5-3-11)15(24)23-7-6-17(9-19,10-23)16(20)25/h2-5,8H,6-7,10H2,1H3,(H2,20,25). The Kier molecular flexibility index (Phi) is 4.00. The number of aryl methyl sites for hydroxylation is 1. The van der Waals surface area contributed by atoms with Crippen LogP contribution in [0.2, 0.25) is 0 Å². The number of hydrogen-bond donors (Lipinski definition) is 1. The third-order valence-electron chi connectivity index (χ3n) is 4.48. The van der Waals surface area contributed by atoms with Gasteiger partial charge in [0, 0.05) is 25.7 Å². The maximum Gasteiger partial charge on any atom is 0.272 e. The number of carbonyl (C=O) groups is 2. The highest BCUT2D eigenvalue weighted by molar-refractivity contribution is 5.95. The number of halogens is 1. The van der Waals surface area contributed by atoms with Gasteiger partial charge < -0.3 is 10.6 Å². The van der Waals surface area contributed by atoms with E-state index in [-0.39, 0.29) is 31.2 Å². The van der Waals surface area contributed by atoms with Crippen LogP contribution in [0.3, 0.4) is 0 Å². The zero-order valence-corrected chi connectivity index (χ0v) is 13.6. The Morgan fingerprint density at radius 3 is 2.60 bits per heavy atom. The van der Waals surface area contributed by atoms with Crippen LogP contribution in [0, 0.1) is 22.6 Å². The first-order valence-corrected chi connectivity index (χ1v) is 7.67. The van der Waals surface area contributed by atoms with Crippen molar-refractivity contribution in [3.63, 3.8) is 0 Å². The number of rotatable bonds is 3. The van der Waals surface area contributed by atoms with Crippen molar-refractivity contribution in [1.29, 1.82) is 5.26 Å². The number of benzene rings is 1. The molecule has 1 aliphatic rings. The van der Waals surface area contributed by atoms with Crippen LogP contribution in [0.4, 0.5) is 4.39 Å². The van der Waals surface area contributed by atoms with Crippen molar-refractivity contribution in [2.24, 2.45) is 18.2 Å². The third kappa shape index (κ3) is 2.85. The molecule has 1 saturated heterocycles. The summed E-state index contributed by atoms with van der Waals surface area (Å²) in [6, 6.07) is 9.34. The number of likely N-dealkylation sites (tertiary alicyclic amines) is 1. The maximum atomic E-state index is 13.0. The van der Waals surface area contributed by atoms with Crippen LogP contribution in [0.25, 0.3) is 11.3 Å². The SMILES string of the molecule is Cn1nc(-c2ccc(F)cc2)cc1C(=O)N1CCC(C#N)(C(N)=O)C1. The van der Waals surface area contributed by atoms with Crippen molar-refractivity contribution < 1.29 is 14.0 Å². The van der Waals surface area contributed by atoms with Gasteiger partial charge in [-0.15, -0.1) is 0 Å². The van der Waals surface area contributed by atoms with E-state index in [0.717, 1.165) is 0 Å². The van der Waals surface area contributed by atoms with E-state index in [1.165, 1.54) is 21.7 Å². The highest BCUT2D eigenvalue weighted by Crippen LogP contribution is 2.31. The Balaban J connectivity index is 1.86. The van der Waals surface area contributed by atoms with E-state index in [9.17, 15) is 19.2 Å². The molecule has 0 aliphatic carbocycles. The number of nitrogens with two attached hydrogens (primary N) is 1. The van der Waals surface area contributed by atoms with Gasteiger partial charge in [0.1, 0.15) is 11.5 Å². The lowest BCUT2D eigenvalue weighted by Crippen LogP contribution is -2.40. The van der Waals surface area contributed by atoms with Crippen molar-refractivity contribution in [2.75, 3.05) is 13.1 Å². The summed E-state index contributed by atoms with van der Waals surface area (Å²) < 4.78 is 14.5. The molecule has 1 aromatic carbocycles. The first kappa shape index (κ1) is 16.6. The first-order valence-electron chi connectivity index (χ1n) is 7.67. The summed E-state index contributed by atoms with van der Waals surface area (Å²) in [6.45, 7) is 0.237. The summed E-state index contributed by atoms with van der Waals surface area (Å²) >= 11 is 0. The van der Waals surface area contributed by atoms with E-state index >= 15 is 0 Å². The number of primary amides is 1. The van der Waals surface area contributed by atoms with E-state index in [0.29, 0.717) is 17.0 Å². The Labute approximate surface area is 143 Å². The Morgan fingerprint density at radius 2 is 2.04 bits per heavy atom. The molecule has 8 heteroatoms. The molecule has 1 unspecified atom stereocenters. The van der Waals surface area contributed by atoms with Crippen molar-refractivity contribution in [3.05, 3.63) is 41.8 Å². The molecular weight excluding hydrogens is 325 g/mol. The second-order valence-electron chi connectivity index (χ2n) is 6.08. The number of aromatic nitrogens is 2. The number of nitriles is 1. The Hall–Kier alpha value is -3.21. The fourth-order valence-corrected chi connectivity index (χ4v) is 2.92. The molecule has 1 atom stereocenters. The van der Waals surface area contributed by atoms with Gasteiger partial charge in [0.15, 0.2) is 5.41 Å². The molecule has 25 heavy (non-hydrogen) atoms. The van der Waals surface area contributed by atoms with E-state index in [1.54, 1.807) is 25.2 Å². The van der Waals surface area contributed by atoms with Crippen LogP contribution >= 0.6 is 0 Å². The second kappa shape index (κ2) is 6.02. The lowest BCUT2D eigenvalue weighted by Gasteiger charge is -2.18. The average Bonchev–Trinajstić information content (AvgIpc) is 3.20. The second-order valence-corrected chi connectivity index (χ2v) is 6.08.